The van der Waals surface area contributed by atoms with Crippen LogP contribution in [0.5, 0.6) is 0 Å². The molecule has 0 rings (SSSR count). The van der Waals surface area contributed by atoms with Gasteiger partial charge in [-0.1, -0.05) is 102 Å². The van der Waals surface area contributed by atoms with Gasteiger partial charge >= 0.3 is 0 Å². The van der Waals surface area contributed by atoms with Crippen LogP contribution >= 0.6 is 0 Å². The Morgan fingerprint density at radius 2 is 0.806 bits per heavy atom. The molecule has 1 N–H and O–H groups in total. The first-order valence-electron chi connectivity index (χ1n) is 14.6. The maximum atomic E-state index is 10.1. The van der Waals surface area contributed by atoms with Crippen LogP contribution < -0.4 is 0 Å². The number of hydrogen-bond donors (Lipinski definition) is 1. The van der Waals surface area contributed by atoms with Crippen molar-refractivity contribution in [2.24, 2.45) is 0 Å². The zero-order valence-corrected chi connectivity index (χ0v) is 23.9. The highest BCUT2D eigenvalue weighted by Gasteiger charge is 1.91. The Morgan fingerprint density at radius 3 is 1.19 bits per heavy atom. The molecule has 4 heteroatoms. The number of hydrogen-bond acceptors (Lipinski definition) is 3. The molecule has 0 aliphatic rings. The summed E-state index contributed by atoms with van der Waals surface area (Å²) in [5, 5.41) is 7.42. The lowest BCUT2D eigenvalue weighted by atomic mass is 10.1. The fourth-order valence-electron chi connectivity index (χ4n) is 3.31. The van der Waals surface area contributed by atoms with E-state index in [2.05, 4.69) is 50.3 Å². The van der Waals surface area contributed by atoms with Crippen LogP contribution in [-0.2, 0) is 14.4 Å². The molecule has 0 aliphatic heterocycles. The number of rotatable bonds is 23. The second-order valence-corrected chi connectivity index (χ2v) is 9.08. The van der Waals surface area contributed by atoms with Gasteiger partial charge in [-0.25, -0.2) is 0 Å². The van der Waals surface area contributed by atoms with Gasteiger partial charge < -0.3 is 14.7 Å². The molecule has 0 amide bonds. The van der Waals surface area contributed by atoms with Crippen molar-refractivity contribution in [1.82, 2.24) is 0 Å². The second kappa shape index (κ2) is 40.2. The van der Waals surface area contributed by atoms with E-state index in [1.54, 1.807) is 0 Å². The van der Waals surface area contributed by atoms with E-state index in [0.717, 1.165) is 58.0 Å². The molecule has 0 heterocycles. The molecule has 0 aliphatic carbocycles. The largest absolute Gasteiger partial charge is 0.481 e. The summed E-state index contributed by atoms with van der Waals surface area (Å²) in [7, 11) is 0. The lowest BCUT2D eigenvalue weighted by molar-refractivity contribution is -0.134. The third kappa shape index (κ3) is 53.4. The topological polar surface area (TPSA) is 71.4 Å². The first-order chi connectivity index (χ1) is 17.6. The molecular weight excluding hydrogens is 448 g/mol. The molecule has 0 fully saturated rings. The van der Waals surface area contributed by atoms with Gasteiger partial charge in [0.15, 0.2) is 0 Å². The fourth-order valence-corrected chi connectivity index (χ4v) is 3.31. The SMILES string of the molecule is CC(=O)O.CC/C=C/CCCCCCCCCC=O.CCCC/C=C/CC/C=C/CCCCCC=O. The van der Waals surface area contributed by atoms with Gasteiger partial charge in [-0.15, -0.1) is 0 Å². The van der Waals surface area contributed by atoms with Crippen molar-refractivity contribution in [2.75, 3.05) is 0 Å². The lowest BCUT2D eigenvalue weighted by Gasteiger charge is -1.99. The van der Waals surface area contributed by atoms with Gasteiger partial charge in [0, 0.05) is 19.8 Å². The molecule has 0 atom stereocenters. The molecule has 0 unspecified atom stereocenters. The van der Waals surface area contributed by atoms with E-state index in [1.165, 1.54) is 89.9 Å². The highest BCUT2D eigenvalue weighted by atomic mass is 16.4. The van der Waals surface area contributed by atoms with E-state index in [9.17, 15) is 9.59 Å². The Balaban J connectivity index is -0.000000529. The second-order valence-electron chi connectivity index (χ2n) is 9.08. The normalized spacial score (nSPS) is 10.8. The van der Waals surface area contributed by atoms with Gasteiger partial charge in [-0.2, -0.15) is 0 Å². The quantitative estimate of drug-likeness (QED) is 0.0850. The van der Waals surface area contributed by atoms with Crippen LogP contribution in [0.1, 0.15) is 149 Å². The van der Waals surface area contributed by atoms with Crippen LogP contribution in [0.2, 0.25) is 0 Å². The average molecular weight is 507 g/mol. The first kappa shape index (κ1) is 38.6. The monoisotopic (exact) mass is 506 g/mol. The summed E-state index contributed by atoms with van der Waals surface area (Å²) in [4.78, 5) is 29.1. The molecule has 0 radical (unpaired) electrons. The summed E-state index contributed by atoms with van der Waals surface area (Å²) in [6.07, 6.45) is 39.5. The van der Waals surface area contributed by atoms with E-state index in [4.69, 9.17) is 9.90 Å². The minimum absolute atomic E-state index is 0.728. The molecule has 0 aromatic rings. The number of aliphatic carboxylic acids is 1. The van der Waals surface area contributed by atoms with Gasteiger partial charge in [0.05, 0.1) is 0 Å². The molecule has 36 heavy (non-hydrogen) atoms. The molecule has 0 saturated carbocycles. The number of aldehydes is 2. The maximum Gasteiger partial charge on any atom is 0.300 e. The summed E-state index contributed by atoms with van der Waals surface area (Å²) in [6, 6.07) is 0. The van der Waals surface area contributed by atoms with Crippen LogP contribution in [0.15, 0.2) is 36.5 Å². The smallest absolute Gasteiger partial charge is 0.300 e. The zero-order chi connectivity index (χ0) is 27.4. The first-order valence-corrected chi connectivity index (χ1v) is 14.6. The highest BCUT2D eigenvalue weighted by molar-refractivity contribution is 5.62. The Kier molecular flexibility index (Phi) is 43.1. The molecule has 0 aromatic heterocycles. The van der Waals surface area contributed by atoms with Crippen molar-refractivity contribution in [3.05, 3.63) is 36.5 Å². The molecule has 0 bridgehead atoms. The van der Waals surface area contributed by atoms with Gasteiger partial charge in [0.25, 0.3) is 5.97 Å². The number of carbonyl (C=O) groups is 3. The number of carboxylic acid groups (broad SMARTS) is 1. The summed E-state index contributed by atoms with van der Waals surface area (Å²) in [6.45, 7) is 5.49. The summed E-state index contributed by atoms with van der Waals surface area (Å²) in [5.41, 5.74) is 0. The lowest BCUT2D eigenvalue weighted by Crippen LogP contribution is -1.81. The predicted molar refractivity (Wildman–Crippen MR) is 157 cm³/mol. The number of allylic oxidation sites excluding steroid dienone is 6. The Morgan fingerprint density at radius 1 is 0.500 bits per heavy atom. The van der Waals surface area contributed by atoms with Crippen LogP contribution in [0.3, 0.4) is 0 Å². The molecule has 210 valence electrons. The number of unbranched alkanes of at least 4 members (excludes halogenated alkanes) is 15. The summed E-state index contributed by atoms with van der Waals surface area (Å²) >= 11 is 0. The van der Waals surface area contributed by atoms with Gasteiger partial charge in [-0.05, 0) is 64.2 Å². The minimum Gasteiger partial charge on any atom is -0.481 e. The molecule has 0 spiro atoms. The molecule has 4 nitrogen and oxygen atoms in total. The van der Waals surface area contributed by atoms with Crippen molar-refractivity contribution in [3.8, 4) is 0 Å². The predicted octanol–water partition coefficient (Wildman–Crippen LogP) is 9.97. The van der Waals surface area contributed by atoms with Crippen molar-refractivity contribution in [1.29, 1.82) is 0 Å². The zero-order valence-electron chi connectivity index (χ0n) is 23.9. The van der Waals surface area contributed by atoms with E-state index in [0.29, 0.717) is 0 Å². The van der Waals surface area contributed by atoms with Gasteiger partial charge in [0.1, 0.15) is 12.6 Å². The van der Waals surface area contributed by atoms with Gasteiger partial charge in [0.2, 0.25) is 0 Å². The van der Waals surface area contributed by atoms with Crippen molar-refractivity contribution in [2.45, 2.75) is 149 Å². The van der Waals surface area contributed by atoms with Crippen LogP contribution in [-0.4, -0.2) is 23.6 Å². The summed E-state index contributed by atoms with van der Waals surface area (Å²) in [5.74, 6) is -0.833. The highest BCUT2D eigenvalue weighted by Crippen LogP contribution is 2.09. The van der Waals surface area contributed by atoms with Crippen LogP contribution in [0, 0.1) is 0 Å². The molecule has 0 aromatic carbocycles. The summed E-state index contributed by atoms with van der Waals surface area (Å²) < 4.78 is 0. The van der Waals surface area contributed by atoms with Crippen LogP contribution in [0.4, 0.5) is 0 Å². The number of carboxylic acids is 1. The Hall–Kier alpha value is -1.97. The van der Waals surface area contributed by atoms with E-state index < -0.39 is 5.97 Å². The maximum absolute atomic E-state index is 10.1. The number of carbonyl (C=O) groups excluding carboxylic acids is 2. The van der Waals surface area contributed by atoms with E-state index in [1.807, 2.05) is 0 Å². The third-order valence-electron chi connectivity index (χ3n) is 5.35. The standard InChI is InChI=1S/C16H28O.C14H26O.C2H4O2/c1-2-3-4-5-6-7-8-9-10-11-12-13-14-15-16-17;1-2-3-4-5-6-7-8-9-10-11-12-13-14-15;1-2(3)4/h5-6,9-10,16H,2-4,7-8,11-15H2,1H3;3-4,14H,2,5-13H2,1H3;1H3,(H,3,4)/b6-5+,10-9+;4-3+;. The van der Waals surface area contributed by atoms with E-state index >= 15 is 0 Å². The molecule has 0 saturated heterocycles. The van der Waals surface area contributed by atoms with Crippen LogP contribution in [0.25, 0.3) is 0 Å². The average Bonchev–Trinajstić information content (AvgIpc) is 2.85. The minimum atomic E-state index is -0.833. The molecular formula is C32H58O4. The van der Waals surface area contributed by atoms with Gasteiger partial charge in [-0.3, -0.25) is 4.79 Å². The van der Waals surface area contributed by atoms with E-state index in [-0.39, 0.29) is 0 Å². The van der Waals surface area contributed by atoms with Crippen molar-refractivity contribution >= 4 is 18.5 Å². The van der Waals surface area contributed by atoms with Crippen molar-refractivity contribution < 1.29 is 19.5 Å². The third-order valence-corrected chi connectivity index (χ3v) is 5.35. The Bertz CT molecular complexity index is 516. The Labute approximate surface area is 223 Å². The fraction of sp³-hybridized carbons (Fsp3) is 0.719. The van der Waals surface area contributed by atoms with Crippen molar-refractivity contribution in [3.63, 3.8) is 0 Å².